The van der Waals surface area contributed by atoms with Gasteiger partial charge in [0.2, 0.25) is 5.89 Å². The second kappa shape index (κ2) is 10.5. The van der Waals surface area contributed by atoms with Crippen molar-refractivity contribution in [2.24, 2.45) is 0 Å². The molecular weight excluding hydrogens is 481 g/mol. The smallest absolute Gasteiger partial charge is 0.317 e. The molecule has 0 bridgehead atoms. The Morgan fingerprint density at radius 3 is 2.33 bits per heavy atom. The maximum atomic E-state index is 13.4. The molecule has 5 aromatic rings. The highest BCUT2D eigenvalue weighted by Crippen LogP contribution is 2.29. The minimum absolute atomic E-state index is 0.0155. The van der Waals surface area contributed by atoms with Crippen molar-refractivity contribution in [1.82, 2.24) is 25.0 Å². The fourth-order valence-corrected chi connectivity index (χ4v) is 4.20. The summed E-state index contributed by atoms with van der Waals surface area (Å²) in [4.78, 5) is 12.6. The summed E-state index contributed by atoms with van der Waals surface area (Å²) in [7, 11) is 0. The summed E-state index contributed by atoms with van der Waals surface area (Å²) < 4.78 is 26.4. The standard InChI is InChI=1S/C26H20FN5O3S/c1-17(24-29-30-25(35-24)19-8-4-2-5-9-19)34-22(33)16-36-26-31-28-23(18-12-14-20(27)15-13-18)32(26)21-10-6-3-7-11-21/h2-15,17H,16H2,1H3/t17-/m0/s1. The molecular formula is C26H20FN5O3S. The zero-order chi connectivity index (χ0) is 24.9. The van der Waals surface area contributed by atoms with E-state index in [0.29, 0.717) is 22.4 Å². The Kier molecular flexibility index (Phi) is 6.85. The highest BCUT2D eigenvalue weighted by Gasteiger charge is 2.21. The van der Waals surface area contributed by atoms with Crippen molar-refractivity contribution in [3.63, 3.8) is 0 Å². The molecule has 0 unspecified atom stereocenters. The van der Waals surface area contributed by atoms with E-state index in [1.807, 2.05) is 65.2 Å². The monoisotopic (exact) mass is 501 g/mol. The number of carbonyl (C=O) groups is 1. The van der Waals surface area contributed by atoms with Gasteiger partial charge in [-0.1, -0.05) is 48.2 Å². The van der Waals surface area contributed by atoms with Crippen LogP contribution in [-0.2, 0) is 9.53 Å². The highest BCUT2D eigenvalue weighted by atomic mass is 32.2. The molecule has 0 saturated carbocycles. The minimum atomic E-state index is -0.718. The van der Waals surface area contributed by atoms with Gasteiger partial charge in [-0.05, 0) is 55.5 Å². The summed E-state index contributed by atoms with van der Waals surface area (Å²) in [6.07, 6.45) is -0.718. The van der Waals surface area contributed by atoms with E-state index in [1.54, 1.807) is 19.1 Å². The zero-order valence-electron chi connectivity index (χ0n) is 19.1. The summed E-state index contributed by atoms with van der Waals surface area (Å²) in [6.45, 7) is 1.67. The van der Waals surface area contributed by atoms with Crippen molar-refractivity contribution in [2.75, 3.05) is 5.75 Å². The Labute approximate surface area is 210 Å². The number of rotatable bonds is 8. The number of esters is 1. The largest absolute Gasteiger partial charge is 0.452 e. The van der Waals surface area contributed by atoms with E-state index in [9.17, 15) is 9.18 Å². The summed E-state index contributed by atoms with van der Waals surface area (Å²) in [5.74, 6) is 0.263. The van der Waals surface area contributed by atoms with Crippen LogP contribution >= 0.6 is 11.8 Å². The molecule has 2 heterocycles. The van der Waals surface area contributed by atoms with Crippen molar-refractivity contribution in [3.05, 3.63) is 96.6 Å². The lowest BCUT2D eigenvalue weighted by atomic mass is 10.2. The van der Waals surface area contributed by atoms with Gasteiger partial charge in [-0.25, -0.2) is 4.39 Å². The first-order valence-corrected chi connectivity index (χ1v) is 12.0. The van der Waals surface area contributed by atoms with Gasteiger partial charge < -0.3 is 9.15 Å². The van der Waals surface area contributed by atoms with E-state index < -0.39 is 12.1 Å². The molecule has 0 N–H and O–H groups in total. The highest BCUT2D eigenvalue weighted by molar-refractivity contribution is 7.99. The molecule has 0 fully saturated rings. The number of hydrogen-bond acceptors (Lipinski definition) is 8. The molecule has 0 aliphatic carbocycles. The van der Waals surface area contributed by atoms with Gasteiger partial charge in [-0.3, -0.25) is 9.36 Å². The fraction of sp³-hybridized carbons (Fsp3) is 0.115. The summed E-state index contributed by atoms with van der Waals surface area (Å²) in [6, 6.07) is 24.8. The summed E-state index contributed by atoms with van der Waals surface area (Å²) in [5, 5.41) is 17.1. The maximum Gasteiger partial charge on any atom is 0.317 e. The SMILES string of the molecule is C[C@H](OC(=O)CSc1nnc(-c2ccc(F)cc2)n1-c1ccccc1)c1nnc(-c2ccccc2)o1. The third-order valence-corrected chi connectivity index (χ3v) is 6.09. The first kappa shape index (κ1) is 23.4. The number of para-hydroxylation sites is 1. The number of benzene rings is 3. The summed E-state index contributed by atoms with van der Waals surface area (Å²) in [5.41, 5.74) is 2.29. The Hall–Kier alpha value is -4.31. The van der Waals surface area contributed by atoms with E-state index in [0.717, 1.165) is 11.3 Å². The molecule has 36 heavy (non-hydrogen) atoms. The van der Waals surface area contributed by atoms with Crippen LogP contribution in [0.2, 0.25) is 0 Å². The molecule has 10 heteroatoms. The van der Waals surface area contributed by atoms with Crippen LogP contribution in [0.4, 0.5) is 4.39 Å². The lowest BCUT2D eigenvalue weighted by Gasteiger charge is -2.11. The lowest BCUT2D eigenvalue weighted by molar-refractivity contribution is -0.146. The van der Waals surface area contributed by atoms with Crippen LogP contribution in [0.15, 0.2) is 94.5 Å². The van der Waals surface area contributed by atoms with E-state index in [4.69, 9.17) is 9.15 Å². The number of hydrogen-bond donors (Lipinski definition) is 0. The van der Waals surface area contributed by atoms with E-state index in [1.165, 1.54) is 23.9 Å². The molecule has 8 nitrogen and oxygen atoms in total. The van der Waals surface area contributed by atoms with Gasteiger partial charge in [-0.2, -0.15) is 0 Å². The van der Waals surface area contributed by atoms with Gasteiger partial charge in [0.1, 0.15) is 5.82 Å². The Balaban J connectivity index is 1.29. The molecule has 0 saturated heterocycles. The van der Waals surface area contributed by atoms with Crippen LogP contribution < -0.4 is 0 Å². The zero-order valence-corrected chi connectivity index (χ0v) is 19.9. The average molecular weight is 502 g/mol. The molecule has 0 aliphatic rings. The molecule has 0 amide bonds. The molecule has 5 rings (SSSR count). The summed E-state index contributed by atoms with van der Waals surface area (Å²) >= 11 is 1.18. The number of thioether (sulfide) groups is 1. The number of halogens is 1. The number of carbonyl (C=O) groups excluding carboxylic acids is 1. The lowest BCUT2D eigenvalue weighted by Crippen LogP contribution is -2.12. The Bertz CT molecular complexity index is 1460. The van der Waals surface area contributed by atoms with E-state index >= 15 is 0 Å². The number of ether oxygens (including phenoxy) is 1. The van der Waals surface area contributed by atoms with Gasteiger partial charge in [0.05, 0.1) is 5.75 Å². The van der Waals surface area contributed by atoms with E-state index in [-0.39, 0.29) is 17.5 Å². The van der Waals surface area contributed by atoms with Crippen molar-refractivity contribution >= 4 is 17.7 Å². The van der Waals surface area contributed by atoms with Gasteiger partial charge in [0, 0.05) is 16.8 Å². The van der Waals surface area contributed by atoms with Gasteiger partial charge in [0.15, 0.2) is 17.1 Å². The minimum Gasteiger partial charge on any atom is -0.452 e. The molecule has 3 aromatic carbocycles. The fourth-order valence-electron chi connectivity index (χ4n) is 3.46. The molecule has 180 valence electrons. The van der Waals surface area contributed by atoms with Crippen molar-refractivity contribution < 1.29 is 18.3 Å². The molecule has 0 spiro atoms. The second-order valence-corrected chi connectivity index (χ2v) is 8.66. The quantitative estimate of drug-likeness (QED) is 0.203. The van der Waals surface area contributed by atoms with Crippen LogP contribution in [0, 0.1) is 5.82 Å². The van der Waals surface area contributed by atoms with Gasteiger partial charge >= 0.3 is 5.97 Å². The first-order valence-electron chi connectivity index (χ1n) is 11.1. The van der Waals surface area contributed by atoms with Crippen LogP contribution in [-0.4, -0.2) is 36.7 Å². The number of aromatic nitrogens is 5. The first-order chi connectivity index (χ1) is 17.6. The maximum absolute atomic E-state index is 13.4. The van der Waals surface area contributed by atoms with Crippen LogP contribution in [0.1, 0.15) is 18.9 Å². The molecule has 2 aromatic heterocycles. The molecule has 0 radical (unpaired) electrons. The predicted octanol–water partition coefficient (Wildman–Crippen LogP) is 5.52. The third-order valence-electron chi connectivity index (χ3n) is 5.19. The normalized spacial score (nSPS) is 11.8. The number of nitrogens with zero attached hydrogens (tertiary/aromatic N) is 5. The van der Waals surface area contributed by atoms with Crippen molar-refractivity contribution in [2.45, 2.75) is 18.2 Å². The van der Waals surface area contributed by atoms with Gasteiger partial charge in [0.25, 0.3) is 5.89 Å². The van der Waals surface area contributed by atoms with Crippen molar-refractivity contribution in [1.29, 1.82) is 0 Å². The topological polar surface area (TPSA) is 95.9 Å². The second-order valence-electron chi connectivity index (χ2n) is 7.72. The van der Waals surface area contributed by atoms with Crippen LogP contribution in [0.5, 0.6) is 0 Å². The molecule has 0 aliphatic heterocycles. The van der Waals surface area contributed by atoms with Crippen LogP contribution in [0.25, 0.3) is 28.5 Å². The van der Waals surface area contributed by atoms with E-state index in [2.05, 4.69) is 20.4 Å². The predicted molar refractivity (Wildman–Crippen MR) is 132 cm³/mol. The Morgan fingerprint density at radius 1 is 0.917 bits per heavy atom. The Morgan fingerprint density at radius 2 is 1.61 bits per heavy atom. The average Bonchev–Trinajstić information content (AvgIpc) is 3.57. The van der Waals surface area contributed by atoms with Gasteiger partial charge in [-0.15, -0.1) is 20.4 Å². The third kappa shape index (κ3) is 5.18. The van der Waals surface area contributed by atoms with Crippen molar-refractivity contribution in [3.8, 4) is 28.5 Å². The molecule has 1 atom stereocenters. The van der Waals surface area contributed by atoms with Crippen LogP contribution in [0.3, 0.4) is 0 Å².